The van der Waals surface area contributed by atoms with Crippen molar-refractivity contribution < 1.29 is 18.7 Å². The molecule has 2 N–H and O–H groups in total. The number of carbonyl (C=O) groups is 2. The highest BCUT2D eigenvalue weighted by atomic mass is 19.1. The minimum absolute atomic E-state index is 0.0314. The van der Waals surface area contributed by atoms with Crippen molar-refractivity contribution in [1.29, 1.82) is 0 Å². The van der Waals surface area contributed by atoms with Crippen molar-refractivity contribution in [3.05, 3.63) is 89.5 Å². The summed E-state index contributed by atoms with van der Waals surface area (Å²) in [5, 5.41) is 5.38. The summed E-state index contributed by atoms with van der Waals surface area (Å²) in [5.74, 6) is -0.722. The normalized spacial score (nSPS) is 10.3. The number of halogens is 1. The molecule has 6 nitrogen and oxygen atoms in total. The Morgan fingerprint density at radius 1 is 1.00 bits per heavy atom. The molecule has 0 aliphatic rings. The summed E-state index contributed by atoms with van der Waals surface area (Å²) < 4.78 is 19.2. The zero-order chi connectivity index (χ0) is 20.6. The monoisotopic (exact) mass is 393 g/mol. The molecule has 0 fully saturated rings. The molecule has 0 saturated carbocycles. The number of nitrogens with one attached hydrogen (secondary N) is 2. The van der Waals surface area contributed by atoms with Crippen molar-refractivity contribution in [3.63, 3.8) is 0 Å². The van der Waals surface area contributed by atoms with Gasteiger partial charge in [0.2, 0.25) is 0 Å². The van der Waals surface area contributed by atoms with Crippen molar-refractivity contribution in [3.8, 4) is 5.75 Å². The highest BCUT2D eigenvalue weighted by Gasteiger charge is 2.14. The van der Waals surface area contributed by atoms with Crippen LogP contribution in [0.15, 0.2) is 67.0 Å². The molecule has 0 aliphatic carbocycles. The molecule has 0 atom stereocenters. The van der Waals surface area contributed by atoms with Gasteiger partial charge in [-0.2, -0.15) is 0 Å². The van der Waals surface area contributed by atoms with Gasteiger partial charge in [-0.05, 0) is 31.2 Å². The van der Waals surface area contributed by atoms with Crippen LogP contribution in [0.5, 0.6) is 5.75 Å². The van der Waals surface area contributed by atoms with E-state index in [9.17, 15) is 14.0 Å². The zero-order valence-electron chi connectivity index (χ0n) is 15.8. The molecule has 0 saturated heterocycles. The van der Waals surface area contributed by atoms with Gasteiger partial charge in [0.15, 0.2) is 0 Å². The number of benzene rings is 2. The van der Waals surface area contributed by atoms with E-state index in [4.69, 9.17) is 4.74 Å². The van der Waals surface area contributed by atoms with Crippen LogP contribution in [0.4, 0.5) is 10.1 Å². The first kappa shape index (κ1) is 20.0. The number of para-hydroxylation sites is 2. The maximum atomic E-state index is 13.7. The molecule has 0 bridgehead atoms. The second kappa shape index (κ2) is 9.45. The summed E-state index contributed by atoms with van der Waals surface area (Å²) in [6.07, 6.45) is 2.72. The lowest BCUT2D eigenvalue weighted by atomic mass is 10.1. The van der Waals surface area contributed by atoms with Gasteiger partial charge >= 0.3 is 0 Å². The summed E-state index contributed by atoms with van der Waals surface area (Å²) in [6.45, 7) is 2.35. The molecule has 1 heterocycles. The zero-order valence-corrected chi connectivity index (χ0v) is 15.8. The van der Waals surface area contributed by atoms with Crippen molar-refractivity contribution in [2.45, 2.75) is 13.5 Å². The molecule has 0 aliphatic heterocycles. The number of aromatic nitrogens is 1. The molecule has 148 valence electrons. The Kier molecular flexibility index (Phi) is 6.52. The van der Waals surface area contributed by atoms with Gasteiger partial charge in [-0.15, -0.1) is 0 Å². The van der Waals surface area contributed by atoms with Gasteiger partial charge < -0.3 is 15.4 Å². The number of amides is 2. The molecule has 0 radical (unpaired) electrons. The highest BCUT2D eigenvalue weighted by Crippen LogP contribution is 2.24. The third kappa shape index (κ3) is 5.16. The summed E-state index contributed by atoms with van der Waals surface area (Å²) >= 11 is 0. The number of carbonyl (C=O) groups excluding carboxylic acids is 2. The van der Waals surface area contributed by atoms with Gasteiger partial charge in [-0.1, -0.05) is 30.3 Å². The number of hydrogen-bond donors (Lipinski definition) is 2. The molecule has 0 unspecified atom stereocenters. The molecular formula is C22H20FN3O3. The number of ether oxygens (including phenoxy) is 1. The van der Waals surface area contributed by atoms with E-state index in [1.807, 2.05) is 13.0 Å². The Balaban J connectivity index is 1.69. The van der Waals surface area contributed by atoms with Gasteiger partial charge in [-0.25, -0.2) is 4.39 Å². The van der Waals surface area contributed by atoms with Crippen molar-refractivity contribution >= 4 is 17.5 Å². The Bertz CT molecular complexity index is 1020. The van der Waals surface area contributed by atoms with E-state index in [-0.39, 0.29) is 17.7 Å². The van der Waals surface area contributed by atoms with Crippen molar-refractivity contribution in [2.75, 3.05) is 11.9 Å². The number of nitrogens with zero attached hydrogens (tertiary/aromatic N) is 1. The van der Waals surface area contributed by atoms with Crippen molar-refractivity contribution in [1.82, 2.24) is 10.3 Å². The lowest BCUT2D eigenvalue weighted by Crippen LogP contribution is -2.24. The summed E-state index contributed by atoms with van der Waals surface area (Å²) in [4.78, 5) is 28.9. The van der Waals surface area contributed by atoms with Crippen LogP contribution in [-0.4, -0.2) is 23.4 Å². The minimum Gasteiger partial charge on any atom is -0.492 e. The first-order valence-corrected chi connectivity index (χ1v) is 9.08. The maximum Gasteiger partial charge on any atom is 0.257 e. The molecule has 2 amide bonds. The highest BCUT2D eigenvalue weighted by molar-refractivity contribution is 6.06. The van der Waals surface area contributed by atoms with Gasteiger partial charge in [0.05, 0.1) is 23.4 Å². The standard InChI is InChI=1S/C22H20FN3O3/c1-2-29-20-10-6-5-9-19(20)26-22(28)17-11-16(12-24-13-17)21(27)25-14-15-7-3-4-8-18(15)23/h3-13H,2,14H2,1H3,(H,25,27)(H,26,28). The maximum absolute atomic E-state index is 13.7. The molecule has 29 heavy (non-hydrogen) atoms. The molecule has 7 heteroatoms. The van der Waals surface area contributed by atoms with Crippen LogP contribution in [0.1, 0.15) is 33.2 Å². The van der Waals surface area contributed by atoms with E-state index < -0.39 is 17.6 Å². The third-order valence-corrected chi connectivity index (χ3v) is 4.09. The van der Waals surface area contributed by atoms with E-state index in [2.05, 4.69) is 15.6 Å². The van der Waals surface area contributed by atoms with E-state index in [0.717, 1.165) is 0 Å². The van der Waals surface area contributed by atoms with Crippen LogP contribution in [-0.2, 0) is 6.54 Å². The average molecular weight is 393 g/mol. The van der Waals surface area contributed by atoms with Gasteiger partial charge in [0.25, 0.3) is 11.8 Å². The topological polar surface area (TPSA) is 80.3 Å². The van der Waals surface area contributed by atoms with Crippen LogP contribution >= 0.6 is 0 Å². The fourth-order valence-electron chi connectivity index (χ4n) is 2.65. The SMILES string of the molecule is CCOc1ccccc1NC(=O)c1cncc(C(=O)NCc2ccccc2F)c1. The number of rotatable bonds is 7. The predicted octanol–water partition coefficient (Wildman–Crippen LogP) is 3.80. The Morgan fingerprint density at radius 2 is 1.69 bits per heavy atom. The Hall–Kier alpha value is -3.74. The number of anilines is 1. The summed E-state index contributed by atoms with van der Waals surface area (Å²) in [6, 6.07) is 14.7. The van der Waals surface area contributed by atoms with E-state index >= 15 is 0 Å². The molecule has 0 spiro atoms. The first-order valence-electron chi connectivity index (χ1n) is 9.08. The lowest BCUT2D eigenvalue weighted by Gasteiger charge is -2.11. The minimum atomic E-state index is -0.454. The number of pyridine rings is 1. The summed E-state index contributed by atoms with van der Waals surface area (Å²) in [7, 11) is 0. The molecule has 2 aromatic carbocycles. The average Bonchev–Trinajstić information content (AvgIpc) is 2.74. The van der Waals surface area contributed by atoms with Gasteiger partial charge in [-0.3, -0.25) is 14.6 Å². The van der Waals surface area contributed by atoms with Crippen LogP contribution in [0.2, 0.25) is 0 Å². The first-order chi connectivity index (χ1) is 14.1. The molecular weight excluding hydrogens is 373 g/mol. The fraction of sp³-hybridized carbons (Fsp3) is 0.136. The number of hydrogen-bond acceptors (Lipinski definition) is 4. The predicted molar refractivity (Wildman–Crippen MR) is 107 cm³/mol. The van der Waals surface area contributed by atoms with Crippen LogP contribution < -0.4 is 15.4 Å². The van der Waals surface area contributed by atoms with Crippen LogP contribution in [0, 0.1) is 5.82 Å². The molecule has 1 aromatic heterocycles. The Labute approximate surface area is 167 Å². The van der Waals surface area contributed by atoms with E-state index in [1.54, 1.807) is 36.4 Å². The molecule has 3 rings (SSSR count). The largest absolute Gasteiger partial charge is 0.492 e. The van der Waals surface area contributed by atoms with Gasteiger partial charge in [0, 0.05) is 24.5 Å². The lowest BCUT2D eigenvalue weighted by molar-refractivity contribution is 0.0950. The van der Waals surface area contributed by atoms with Crippen LogP contribution in [0.3, 0.4) is 0 Å². The summed E-state index contributed by atoms with van der Waals surface area (Å²) in [5.41, 5.74) is 1.31. The second-order valence-electron chi connectivity index (χ2n) is 6.12. The van der Waals surface area contributed by atoms with Gasteiger partial charge in [0.1, 0.15) is 11.6 Å². The quantitative estimate of drug-likeness (QED) is 0.640. The fourth-order valence-corrected chi connectivity index (χ4v) is 2.65. The third-order valence-electron chi connectivity index (χ3n) is 4.09. The second-order valence-corrected chi connectivity index (χ2v) is 6.12. The molecule has 3 aromatic rings. The van der Waals surface area contributed by atoms with Crippen molar-refractivity contribution in [2.24, 2.45) is 0 Å². The smallest absolute Gasteiger partial charge is 0.257 e. The van der Waals surface area contributed by atoms with E-state index in [1.165, 1.54) is 24.5 Å². The van der Waals surface area contributed by atoms with Crippen LogP contribution in [0.25, 0.3) is 0 Å². The van der Waals surface area contributed by atoms with E-state index in [0.29, 0.717) is 23.6 Å². The Morgan fingerprint density at radius 3 is 2.45 bits per heavy atom.